The van der Waals surface area contributed by atoms with Crippen molar-refractivity contribution in [1.29, 1.82) is 0 Å². The number of carbonyl (C=O) groups is 1. The molecule has 0 spiro atoms. The fourth-order valence-electron chi connectivity index (χ4n) is 2.05. The third-order valence-corrected chi connectivity index (χ3v) is 5.53. The van der Waals surface area contributed by atoms with Gasteiger partial charge in [-0.25, -0.2) is 8.42 Å². The van der Waals surface area contributed by atoms with Crippen molar-refractivity contribution < 1.29 is 23.1 Å². The van der Waals surface area contributed by atoms with Crippen LogP contribution >= 0.6 is 0 Å². The minimum Gasteiger partial charge on any atom is -0.388 e. The highest BCUT2D eigenvalue weighted by Crippen LogP contribution is 2.19. The summed E-state index contributed by atoms with van der Waals surface area (Å²) in [5.74, 6) is -0.428. The van der Waals surface area contributed by atoms with Gasteiger partial charge in [-0.15, -0.1) is 0 Å². The third kappa shape index (κ3) is 5.08. The van der Waals surface area contributed by atoms with Gasteiger partial charge in [0, 0.05) is 26.7 Å². The number of ether oxygens (including phenoxy) is 1. The van der Waals surface area contributed by atoms with Crippen molar-refractivity contribution >= 4 is 15.7 Å². The number of sulfone groups is 1. The van der Waals surface area contributed by atoms with E-state index in [-0.39, 0.29) is 12.3 Å². The maximum atomic E-state index is 11.9. The summed E-state index contributed by atoms with van der Waals surface area (Å²) in [6, 6.07) is 0. The van der Waals surface area contributed by atoms with E-state index in [2.05, 4.69) is 5.32 Å². The van der Waals surface area contributed by atoms with Crippen molar-refractivity contribution in [1.82, 2.24) is 5.32 Å². The predicted octanol–water partition coefficient (Wildman–Crippen LogP) is -0.143. The van der Waals surface area contributed by atoms with Crippen LogP contribution in [0.25, 0.3) is 0 Å². The van der Waals surface area contributed by atoms with Crippen LogP contribution in [0.4, 0.5) is 0 Å². The van der Waals surface area contributed by atoms with Gasteiger partial charge in [-0.2, -0.15) is 0 Å². The molecule has 0 saturated carbocycles. The van der Waals surface area contributed by atoms with Crippen molar-refractivity contribution in [2.75, 3.05) is 26.0 Å². The van der Waals surface area contributed by atoms with Crippen molar-refractivity contribution in [3.63, 3.8) is 0 Å². The second kappa shape index (κ2) is 6.67. The van der Waals surface area contributed by atoms with Crippen molar-refractivity contribution in [2.45, 2.75) is 43.5 Å². The summed E-state index contributed by atoms with van der Waals surface area (Å²) in [4.78, 5) is 11.9. The summed E-state index contributed by atoms with van der Waals surface area (Å²) >= 11 is 0. The summed E-state index contributed by atoms with van der Waals surface area (Å²) in [5, 5.41) is 11.6. The molecule has 0 aliphatic carbocycles. The largest absolute Gasteiger partial charge is 0.388 e. The molecule has 1 aliphatic rings. The minimum absolute atomic E-state index is 0.0290. The number of amides is 1. The summed E-state index contributed by atoms with van der Waals surface area (Å²) < 4.78 is 28.4. The number of aliphatic hydroxyl groups is 1. The van der Waals surface area contributed by atoms with Gasteiger partial charge in [-0.1, -0.05) is 6.42 Å². The van der Waals surface area contributed by atoms with E-state index in [1.54, 1.807) is 6.92 Å². The van der Waals surface area contributed by atoms with Gasteiger partial charge in [0.25, 0.3) is 0 Å². The molecular formula is C12H23NO5S. The Morgan fingerprint density at radius 3 is 2.74 bits per heavy atom. The normalized spacial score (nSPS) is 25.5. The highest BCUT2D eigenvalue weighted by Gasteiger charge is 2.35. The zero-order chi connectivity index (χ0) is 14.5. The molecule has 6 nitrogen and oxygen atoms in total. The van der Waals surface area contributed by atoms with E-state index in [1.807, 2.05) is 0 Å². The summed E-state index contributed by atoms with van der Waals surface area (Å²) in [6.07, 6.45) is 2.12. The van der Waals surface area contributed by atoms with E-state index >= 15 is 0 Å². The molecule has 1 fully saturated rings. The van der Waals surface area contributed by atoms with Crippen LogP contribution in [-0.4, -0.2) is 56.3 Å². The van der Waals surface area contributed by atoms with Gasteiger partial charge in [0.05, 0.1) is 11.4 Å². The zero-order valence-corrected chi connectivity index (χ0v) is 12.3. The van der Waals surface area contributed by atoms with E-state index in [4.69, 9.17) is 4.74 Å². The predicted molar refractivity (Wildman–Crippen MR) is 71.6 cm³/mol. The van der Waals surface area contributed by atoms with Crippen molar-refractivity contribution in [3.8, 4) is 0 Å². The van der Waals surface area contributed by atoms with Gasteiger partial charge in [0.15, 0.2) is 9.84 Å². The third-order valence-electron chi connectivity index (χ3n) is 3.36. The van der Waals surface area contributed by atoms with Crippen LogP contribution in [-0.2, 0) is 19.4 Å². The monoisotopic (exact) mass is 293 g/mol. The summed E-state index contributed by atoms with van der Waals surface area (Å²) in [5.41, 5.74) is -1.09. The maximum absolute atomic E-state index is 11.9. The molecule has 1 rings (SSSR count). The Morgan fingerprint density at radius 2 is 2.16 bits per heavy atom. The van der Waals surface area contributed by atoms with E-state index in [1.165, 1.54) is 7.11 Å². The van der Waals surface area contributed by atoms with Crippen LogP contribution < -0.4 is 5.32 Å². The van der Waals surface area contributed by atoms with Crippen LogP contribution in [0.3, 0.4) is 0 Å². The van der Waals surface area contributed by atoms with E-state index in [9.17, 15) is 18.3 Å². The van der Waals surface area contributed by atoms with E-state index in [0.717, 1.165) is 6.42 Å². The molecule has 1 amide bonds. The average Bonchev–Trinajstić information content (AvgIpc) is 2.33. The first-order valence-corrected chi connectivity index (χ1v) is 8.21. The quantitative estimate of drug-likeness (QED) is 0.711. The molecule has 1 heterocycles. The summed E-state index contributed by atoms with van der Waals surface area (Å²) in [7, 11) is -1.79. The molecule has 0 bridgehead atoms. The van der Waals surface area contributed by atoms with Gasteiger partial charge in [0.2, 0.25) is 5.91 Å². The van der Waals surface area contributed by atoms with Gasteiger partial charge >= 0.3 is 0 Å². The van der Waals surface area contributed by atoms with Crippen LogP contribution in [0.15, 0.2) is 0 Å². The zero-order valence-electron chi connectivity index (χ0n) is 11.5. The Bertz CT molecular complexity index is 404. The fraction of sp³-hybridized carbons (Fsp3) is 0.917. The SMILES string of the molecule is COCCC(C)(O)CNC(=O)C1CCCCS1(=O)=O. The Balaban J connectivity index is 2.51. The molecule has 0 aromatic rings. The first-order valence-electron chi connectivity index (χ1n) is 6.49. The number of rotatable bonds is 6. The molecular weight excluding hydrogens is 270 g/mol. The number of hydrogen-bond donors (Lipinski definition) is 2. The molecule has 2 N–H and O–H groups in total. The van der Waals surface area contributed by atoms with E-state index in [0.29, 0.717) is 25.9 Å². The first-order chi connectivity index (χ1) is 8.78. The number of methoxy groups -OCH3 is 1. The van der Waals surface area contributed by atoms with Crippen LogP contribution in [0.5, 0.6) is 0 Å². The lowest BCUT2D eigenvalue weighted by Crippen LogP contribution is -2.48. The van der Waals surface area contributed by atoms with Gasteiger partial charge < -0.3 is 15.2 Å². The number of carbonyl (C=O) groups excluding carboxylic acids is 1. The van der Waals surface area contributed by atoms with Gasteiger partial charge in [-0.05, 0) is 19.8 Å². The lowest BCUT2D eigenvalue weighted by Gasteiger charge is -2.26. The summed E-state index contributed by atoms with van der Waals surface area (Å²) in [6.45, 7) is 1.99. The van der Waals surface area contributed by atoms with Crippen molar-refractivity contribution in [2.24, 2.45) is 0 Å². The smallest absolute Gasteiger partial charge is 0.238 e. The topological polar surface area (TPSA) is 92.7 Å². The molecule has 112 valence electrons. The molecule has 1 saturated heterocycles. The molecule has 7 heteroatoms. The first kappa shape index (κ1) is 16.4. The van der Waals surface area contributed by atoms with Crippen LogP contribution in [0, 0.1) is 0 Å². The standard InChI is InChI=1S/C12H23NO5S/c1-12(15,6-7-18-2)9-13-11(14)10-5-3-4-8-19(10,16)17/h10,15H,3-9H2,1-2H3,(H,13,14). The fourth-order valence-corrected chi connectivity index (χ4v) is 3.88. The minimum atomic E-state index is -3.33. The Hall–Kier alpha value is -0.660. The highest BCUT2D eigenvalue weighted by molar-refractivity contribution is 7.92. The molecule has 2 atom stereocenters. The van der Waals surface area contributed by atoms with Crippen molar-refractivity contribution in [3.05, 3.63) is 0 Å². The molecule has 1 aliphatic heterocycles. The Labute approximate surface area is 114 Å². The lowest BCUT2D eigenvalue weighted by molar-refractivity contribution is -0.122. The van der Waals surface area contributed by atoms with E-state index < -0.39 is 26.6 Å². The van der Waals surface area contributed by atoms with Crippen LogP contribution in [0.2, 0.25) is 0 Å². The molecule has 0 aromatic carbocycles. The highest BCUT2D eigenvalue weighted by atomic mass is 32.2. The molecule has 2 unspecified atom stereocenters. The Morgan fingerprint density at radius 1 is 1.47 bits per heavy atom. The lowest BCUT2D eigenvalue weighted by atomic mass is 10.0. The van der Waals surface area contributed by atoms with Gasteiger partial charge in [-0.3, -0.25) is 4.79 Å². The number of nitrogens with one attached hydrogen (secondary N) is 1. The second-order valence-electron chi connectivity index (χ2n) is 5.31. The van der Waals surface area contributed by atoms with Gasteiger partial charge in [0.1, 0.15) is 5.25 Å². The second-order valence-corrected chi connectivity index (χ2v) is 7.61. The Kier molecular flexibility index (Phi) is 5.76. The molecule has 0 radical (unpaired) electrons. The average molecular weight is 293 g/mol. The van der Waals surface area contributed by atoms with Crippen LogP contribution in [0.1, 0.15) is 32.6 Å². The molecule has 0 aromatic heterocycles. The molecule has 19 heavy (non-hydrogen) atoms. The maximum Gasteiger partial charge on any atom is 0.238 e. The number of hydrogen-bond acceptors (Lipinski definition) is 5.